The summed E-state index contributed by atoms with van der Waals surface area (Å²) in [6.45, 7) is 0.191. The Morgan fingerprint density at radius 3 is 2.67 bits per heavy atom. The number of rotatable bonds is 2. The Kier molecular flexibility index (Phi) is 3.43. The zero-order valence-electron chi connectivity index (χ0n) is 12.7. The Labute approximate surface area is 139 Å². The molecule has 2 heterocycles. The molecule has 5 heteroatoms. The first-order valence-corrected chi connectivity index (χ1v) is 7.63. The normalized spacial score (nSPS) is 21.6. The van der Waals surface area contributed by atoms with E-state index in [-0.39, 0.29) is 18.6 Å². The molecule has 0 aliphatic carbocycles. The predicted octanol–water partition coefficient (Wildman–Crippen LogP) is 2.81. The molecule has 2 aliphatic rings. The van der Waals surface area contributed by atoms with Crippen molar-refractivity contribution in [2.75, 3.05) is 6.79 Å². The van der Waals surface area contributed by atoms with Crippen LogP contribution in [0.3, 0.4) is 0 Å². The van der Waals surface area contributed by atoms with Gasteiger partial charge in [0.05, 0.1) is 6.07 Å². The lowest BCUT2D eigenvalue weighted by Crippen LogP contribution is -2.36. The van der Waals surface area contributed by atoms with Crippen LogP contribution in [0.4, 0.5) is 0 Å². The molecule has 0 saturated carbocycles. The van der Waals surface area contributed by atoms with Crippen LogP contribution >= 0.6 is 0 Å². The van der Waals surface area contributed by atoms with Gasteiger partial charge in [-0.3, -0.25) is 4.79 Å². The quantitative estimate of drug-likeness (QED) is 0.924. The molecule has 2 unspecified atom stereocenters. The van der Waals surface area contributed by atoms with Gasteiger partial charge in [0.25, 0.3) is 0 Å². The summed E-state index contributed by atoms with van der Waals surface area (Å²) < 4.78 is 10.7. The van der Waals surface area contributed by atoms with Crippen molar-refractivity contribution in [1.82, 2.24) is 5.32 Å². The number of nitrogens with zero attached hydrogens (tertiary/aromatic N) is 1. The number of carbonyl (C=O) groups is 1. The van der Waals surface area contributed by atoms with Crippen molar-refractivity contribution in [2.24, 2.45) is 5.92 Å². The highest BCUT2D eigenvalue weighted by Crippen LogP contribution is 2.39. The molecule has 5 nitrogen and oxygen atoms in total. The smallest absolute Gasteiger partial charge is 0.242 e. The van der Waals surface area contributed by atoms with Crippen LogP contribution in [-0.4, -0.2) is 12.7 Å². The summed E-state index contributed by atoms with van der Waals surface area (Å²) in [5.74, 6) is -0.0857. The van der Waals surface area contributed by atoms with E-state index in [2.05, 4.69) is 11.4 Å². The van der Waals surface area contributed by atoms with E-state index in [1.165, 1.54) is 0 Å². The third-order valence-corrected chi connectivity index (χ3v) is 4.25. The summed E-state index contributed by atoms with van der Waals surface area (Å²) in [5, 5.41) is 12.3. The summed E-state index contributed by atoms with van der Waals surface area (Å²) >= 11 is 0. The van der Waals surface area contributed by atoms with E-state index in [4.69, 9.17) is 9.47 Å². The number of carbonyl (C=O) groups excluding carboxylic acids is 1. The second-order valence-electron chi connectivity index (χ2n) is 5.68. The van der Waals surface area contributed by atoms with E-state index in [1.807, 2.05) is 54.6 Å². The zero-order valence-corrected chi connectivity index (χ0v) is 12.7. The van der Waals surface area contributed by atoms with Crippen LogP contribution in [0.25, 0.3) is 5.70 Å². The molecule has 4 rings (SSSR count). The molecule has 0 aromatic heterocycles. The van der Waals surface area contributed by atoms with Gasteiger partial charge in [-0.25, -0.2) is 0 Å². The number of benzene rings is 2. The number of fused-ring (bicyclic) bond motifs is 1. The molecule has 0 spiro atoms. The molecule has 24 heavy (non-hydrogen) atoms. The number of nitriles is 1. The summed E-state index contributed by atoms with van der Waals surface area (Å²) in [4.78, 5) is 12.4. The van der Waals surface area contributed by atoms with Gasteiger partial charge in [-0.05, 0) is 23.3 Å². The number of ether oxygens (including phenoxy) is 2. The van der Waals surface area contributed by atoms with E-state index in [0.29, 0.717) is 11.5 Å². The molecule has 1 N–H and O–H groups in total. The fourth-order valence-electron chi connectivity index (χ4n) is 3.03. The predicted molar refractivity (Wildman–Crippen MR) is 87.0 cm³/mol. The second-order valence-corrected chi connectivity index (χ2v) is 5.68. The minimum atomic E-state index is -0.780. The van der Waals surface area contributed by atoms with Crippen molar-refractivity contribution in [3.63, 3.8) is 0 Å². The molecule has 1 amide bonds. The van der Waals surface area contributed by atoms with E-state index in [0.717, 1.165) is 16.8 Å². The van der Waals surface area contributed by atoms with Gasteiger partial charge in [0, 0.05) is 11.6 Å². The van der Waals surface area contributed by atoms with Crippen LogP contribution in [0, 0.1) is 17.2 Å². The van der Waals surface area contributed by atoms with Crippen LogP contribution in [0.5, 0.6) is 11.5 Å². The van der Waals surface area contributed by atoms with Gasteiger partial charge in [0.1, 0.15) is 5.92 Å². The van der Waals surface area contributed by atoms with Crippen LogP contribution in [0.15, 0.2) is 54.6 Å². The Balaban J connectivity index is 1.78. The highest BCUT2D eigenvalue weighted by molar-refractivity contribution is 5.93. The molecule has 2 aliphatic heterocycles. The minimum absolute atomic E-state index is 0.191. The molecular weight excluding hydrogens is 304 g/mol. The first-order chi connectivity index (χ1) is 11.8. The highest BCUT2D eigenvalue weighted by Gasteiger charge is 2.34. The summed E-state index contributed by atoms with van der Waals surface area (Å²) in [5.41, 5.74) is 2.48. The maximum Gasteiger partial charge on any atom is 0.242 e. The summed E-state index contributed by atoms with van der Waals surface area (Å²) in [6.07, 6.45) is 1.93. The Morgan fingerprint density at radius 1 is 1.08 bits per heavy atom. The van der Waals surface area contributed by atoms with Gasteiger partial charge in [-0.15, -0.1) is 0 Å². The van der Waals surface area contributed by atoms with E-state index in [1.54, 1.807) is 0 Å². The average molecular weight is 318 g/mol. The third kappa shape index (κ3) is 2.38. The fraction of sp³-hybridized carbons (Fsp3) is 0.158. The maximum absolute atomic E-state index is 12.4. The SMILES string of the molecule is N#CC1C(=O)NC(c2ccccc2)=CC1c1ccc2c(c1)OCO2. The number of nitrogens with one attached hydrogen (secondary N) is 1. The third-order valence-electron chi connectivity index (χ3n) is 4.25. The van der Waals surface area contributed by atoms with Crippen LogP contribution in [0.2, 0.25) is 0 Å². The van der Waals surface area contributed by atoms with Crippen molar-refractivity contribution in [2.45, 2.75) is 5.92 Å². The van der Waals surface area contributed by atoms with Crippen molar-refractivity contribution in [1.29, 1.82) is 5.26 Å². The summed E-state index contributed by atoms with van der Waals surface area (Å²) in [7, 11) is 0. The number of amides is 1. The van der Waals surface area contributed by atoms with Crippen molar-refractivity contribution in [3.05, 3.63) is 65.7 Å². The average Bonchev–Trinajstić information content (AvgIpc) is 3.09. The molecule has 0 radical (unpaired) electrons. The van der Waals surface area contributed by atoms with Gasteiger partial charge in [-0.2, -0.15) is 5.26 Å². The molecule has 118 valence electrons. The fourth-order valence-corrected chi connectivity index (χ4v) is 3.03. The molecule has 2 aromatic carbocycles. The first-order valence-electron chi connectivity index (χ1n) is 7.63. The van der Waals surface area contributed by atoms with Crippen molar-refractivity contribution in [3.8, 4) is 17.6 Å². The molecular formula is C19H14N2O3. The van der Waals surface area contributed by atoms with E-state index < -0.39 is 5.92 Å². The van der Waals surface area contributed by atoms with Gasteiger partial charge in [0.2, 0.25) is 12.7 Å². The lowest BCUT2D eigenvalue weighted by molar-refractivity contribution is -0.122. The Morgan fingerprint density at radius 2 is 1.88 bits per heavy atom. The topological polar surface area (TPSA) is 71.4 Å². The lowest BCUT2D eigenvalue weighted by atomic mass is 9.82. The Bertz CT molecular complexity index is 868. The minimum Gasteiger partial charge on any atom is -0.454 e. The maximum atomic E-state index is 12.4. The number of hydrogen-bond donors (Lipinski definition) is 1. The molecule has 0 saturated heterocycles. The van der Waals surface area contributed by atoms with Crippen LogP contribution in [-0.2, 0) is 4.79 Å². The second kappa shape index (κ2) is 5.74. The molecule has 2 aromatic rings. The molecule has 0 fully saturated rings. The van der Waals surface area contributed by atoms with Crippen molar-refractivity contribution >= 4 is 11.6 Å². The first kappa shape index (κ1) is 14.3. The lowest BCUT2D eigenvalue weighted by Gasteiger charge is -2.26. The van der Waals surface area contributed by atoms with E-state index in [9.17, 15) is 10.1 Å². The van der Waals surface area contributed by atoms with Gasteiger partial charge >= 0.3 is 0 Å². The number of hydrogen-bond acceptors (Lipinski definition) is 4. The molecule has 0 bridgehead atoms. The van der Waals surface area contributed by atoms with E-state index >= 15 is 0 Å². The zero-order chi connectivity index (χ0) is 16.5. The number of allylic oxidation sites excluding steroid dienone is 1. The van der Waals surface area contributed by atoms with Crippen LogP contribution in [0.1, 0.15) is 17.0 Å². The van der Waals surface area contributed by atoms with Gasteiger partial charge < -0.3 is 14.8 Å². The van der Waals surface area contributed by atoms with Gasteiger partial charge in [0.15, 0.2) is 11.5 Å². The highest BCUT2D eigenvalue weighted by atomic mass is 16.7. The van der Waals surface area contributed by atoms with Crippen molar-refractivity contribution < 1.29 is 14.3 Å². The Hall–Kier alpha value is -3.26. The summed E-state index contributed by atoms with van der Waals surface area (Å²) in [6, 6.07) is 17.2. The standard InChI is InChI=1S/C19H14N2O3/c20-10-15-14(13-6-7-17-18(8-13)24-11-23-17)9-16(21-19(15)22)12-4-2-1-3-5-12/h1-9,14-15H,11H2,(H,21,22). The molecule has 2 atom stereocenters. The van der Waals surface area contributed by atoms with Crippen LogP contribution < -0.4 is 14.8 Å². The monoisotopic (exact) mass is 318 g/mol. The largest absolute Gasteiger partial charge is 0.454 e. The van der Waals surface area contributed by atoms with Gasteiger partial charge in [-0.1, -0.05) is 42.5 Å².